The van der Waals surface area contributed by atoms with E-state index in [2.05, 4.69) is 12.4 Å². The highest BCUT2D eigenvalue weighted by molar-refractivity contribution is 4.77. The molecule has 106 valence electrons. The lowest BCUT2D eigenvalue weighted by molar-refractivity contribution is 0.245. The zero-order valence-corrected chi connectivity index (χ0v) is 12.4. The Morgan fingerprint density at radius 3 is 2.00 bits per heavy atom. The first-order valence-electron chi connectivity index (χ1n) is 8.54. The fourth-order valence-corrected chi connectivity index (χ4v) is 4.30. The van der Waals surface area contributed by atoms with Crippen molar-refractivity contribution in [3.63, 3.8) is 0 Å². The lowest BCUT2D eigenvalue weighted by atomic mass is 9.79. The zero-order valence-electron chi connectivity index (χ0n) is 12.4. The van der Waals surface area contributed by atoms with Gasteiger partial charge in [-0.2, -0.15) is 0 Å². The molecule has 0 radical (unpaired) electrons. The Balaban J connectivity index is 1.76. The van der Waals surface area contributed by atoms with Gasteiger partial charge in [0.1, 0.15) is 0 Å². The van der Waals surface area contributed by atoms with E-state index < -0.39 is 0 Å². The van der Waals surface area contributed by atoms with Crippen molar-refractivity contribution < 1.29 is 0 Å². The normalized spacial score (nSPS) is 31.2. The summed E-state index contributed by atoms with van der Waals surface area (Å²) in [6.07, 6.45) is 18.1. The minimum Gasteiger partial charge on any atom is -0.319 e. The van der Waals surface area contributed by atoms with Crippen molar-refractivity contribution in [2.24, 2.45) is 17.8 Å². The summed E-state index contributed by atoms with van der Waals surface area (Å²) in [5.41, 5.74) is 0. The van der Waals surface area contributed by atoms with Crippen molar-refractivity contribution in [3.8, 4) is 0 Å². The number of rotatable bonds is 5. The van der Waals surface area contributed by atoms with E-state index in [0.717, 1.165) is 17.8 Å². The van der Waals surface area contributed by atoms with E-state index in [1.165, 1.54) is 83.6 Å². The van der Waals surface area contributed by atoms with Crippen molar-refractivity contribution in [2.45, 2.75) is 77.0 Å². The van der Waals surface area contributed by atoms with E-state index >= 15 is 0 Å². The van der Waals surface area contributed by atoms with Crippen LogP contribution >= 0.6 is 0 Å². The molecule has 2 unspecified atom stereocenters. The van der Waals surface area contributed by atoms with Crippen LogP contribution in [0.3, 0.4) is 0 Å². The molecule has 0 aromatic rings. The van der Waals surface area contributed by atoms with Gasteiger partial charge in [0.15, 0.2) is 0 Å². The molecular weight excluding hydrogens is 218 g/mol. The van der Waals surface area contributed by atoms with Crippen LogP contribution in [0.15, 0.2) is 0 Å². The Morgan fingerprint density at radius 1 is 0.722 bits per heavy atom. The van der Waals surface area contributed by atoms with Crippen molar-refractivity contribution >= 4 is 0 Å². The number of hydrogen-bond acceptors (Lipinski definition) is 1. The number of hydrogen-bond donors (Lipinski definition) is 1. The van der Waals surface area contributed by atoms with E-state index in [9.17, 15) is 0 Å². The molecule has 0 spiro atoms. The van der Waals surface area contributed by atoms with Crippen LogP contribution in [0.2, 0.25) is 0 Å². The minimum absolute atomic E-state index is 0.973. The van der Waals surface area contributed by atoms with Gasteiger partial charge in [0.05, 0.1) is 0 Å². The molecule has 1 heteroatoms. The molecule has 2 saturated carbocycles. The third kappa shape index (κ3) is 4.57. The van der Waals surface area contributed by atoms with Crippen LogP contribution in [-0.4, -0.2) is 13.6 Å². The van der Waals surface area contributed by atoms with Gasteiger partial charge in [0, 0.05) is 0 Å². The highest BCUT2D eigenvalue weighted by atomic mass is 14.8. The van der Waals surface area contributed by atoms with Gasteiger partial charge in [-0.25, -0.2) is 0 Å². The van der Waals surface area contributed by atoms with E-state index in [1.807, 2.05) is 0 Å². The Labute approximate surface area is 114 Å². The smallest absolute Gasteiger partial charge is 0.00209 e. The van der Waals surface area contributed by atoms with E-state index in [1.54, 1.807) is 0 Å². The monoisotopic (exact) mass is 251 g/mol. The van der Waals surface area contributed by atoms with Crippen molar-refractivity contribution in [1.82, 2.24) is 5.32 Å². The molecule has 2 fully saturated rings. The second-order valence-corrected chi connectivity index (χ2v) is 6.80. The first-order chi connectivity index (χ1) is 8.90. The van der Waals surface area contributed by atoms with Crippen LogP contribution < -0.4 is 5.32 Å². The second-order valence-electron chi connectivity index (χ2n) is 6.80. The van der Waals surface area contributed by atoms with Crippen LogP contribution in [0, 0.1) is 17.8 Å². The third-order valence-electron chi connectivity index (χ3n) is 5.45. The molecule has 2 aliphatic rings. The molecule has 0 heterocycles. The molecule has 18 heavy (non-hydrogen) atoms. The van der Waals surface area contributed by atoms with Crippen LogP contribution in [0.25, 0.3) is 0 Å². The van der Waals surface area contributed by atoms with Crippen molar-refractivity contribution in [2.75, 3.05) is 13.6 Å². The molecule has 0 amide bonds. The van der Waals surface area contributed by atoms with Crippen LogP contribution in [0.5, 0.6) is 0 Å². The average Bonchev–Trinajstić information content (AvgIpc) is 2.64. The summed E-state index contributed by atoms with van der Waals surface area (Å²) in [5, 5.41) is 3.43. The summed E-state index contributed by atoms with van der Waals surface area (Å²) in [5.74, 6) is 3.08. The molecule has 2 atom stereocenters. The molecule has 2 aliphatic carbocycles. The molecule has 0 aromatic carbocycles. The molecule has 2 rings (SSSR count). The second kappa shape index (κ2) is 8.19. The predicted molar refractivity (Wildman–Crippen MR) is 79.8 cm³/mol. The van der Waals surface area contributed by atoms with Gasteiger partial charge in [-0.1, -0.05) is 64.2 Å². The van der Waals surface area contributed by atoms with Gasteiger partial charge in [-0.3, -0.25) is 0 Å². The third-order valence-corrected chi connectivity index (χ3v) is 5.45. The van der Waals surface area contributed by atoms with Crippen LogP contribution in [0.4, 0.5) is 0 Å². The number of nitrogens with one attached hydrogen (secondary N) is 1. The summed E-state index contributed by atoms with van der Waals surface area (Å²) in [4.78, 5) is 0. The Morgan fingerprint density at radius 2 is 1.33 bits per heavy atom. The highest BCUT2D eigenvalue weighted by Crippen LogP contribution is 2.35. The summed E-state index contributed by atoms with van der Waals surface area (Å²) in [6, 6.07) is 0. The fourth-order valence-electron chi connectivity index (χ4n) is 4.30. The summed E-state index contributed by atoms with van der Waals surface area (Å²) in [6.45, 7) is 1.26. The van der Waals surface area contributed by atoms with Crippen molar-refractivity contribution in [1.29, 1.82) is 0 Å². The van der Waals surface area contributed by atoms with Gasteiger partial charge < -0.3 is 5.32 Å². The minimum atomic E-state index is 0.973. The molecule has 0 bridgehead atoms. The van der Waals surface area contributed by atoms with Gasteiger partial charge >= 0.3 is 0 Å². The molecule has 1 nitrogen and oxygen atoms in total. The van der Waals surface area contributed by atoms with Crippen LogP contribution in [0.1, 0.15) is 77.0 Å². The highest BCUT2D eigenvalue weighted by Gasteiger charge is 2.24. The lowest BCUT2D eigenvalue weighted by Gasteiger charge is -2.28. The Hall–Kier alpha value is -0.0400. The van der Waals surface area contributed by atoms with E-state index in [0.29, 0.717) is 0 Å². The van der Waals surface area contributed by atoms with Crippen molar-refractivity contribution in [3.05, 3.63) is 0 Å². The Bertz CT molecular complexity index is 208. The van der Waals surface area contributed by atoms with E-state index in [-0.39, 0.29) is 0 Å². The largest absolute Gasteiger partial charge is 0.319 e. The fraction of sp³-hybridized carbons (Fsp3) is 1.00. The van der Waals surface area contributed by atoms with Gasteiger partial charge in [0.2, 0.25) is 0 Å². The van der Waals surface area contributed by atoms with Gasteiger partial charge in [0.25, 0.3) is 0 Å². The topological polar surface area (TPSA) is 12.0 Å². The molecule has 0 saturated heterocycles. The maximum absolute atomic E-state index is 3.43. The quantitative estimate of drug-likeness (QED) is 0.694. The summed E-state index contributed by atoms with van der Waals surface area (Å²) in [7, 11) is 2.13. The first-order valence-corrected chi connectivity index (χ1v) is 8.54. The predicted octanol–water partition coefficient (Wildman–Crippen LogP) is 4.76. The maximum atomic E-state index is 3.43. The van der Waals surface area contributed by atoms with Gasteiger partial charge in [-0.15, -0.1) is 0 Å². The molecule has 1 N–H and O–H groups in total. The lowest BCUT2D eigenvalue weighted by Crippen LogP contribution is -2.26. The standard InChI is InChI=1S/C17H33N/c1-18-14-17-11-7-3-6-10-16(17)13-12-15-8-4-2-5-9-15/h15-18H,2-14H2,1H3. The summed E-state index contributed by atoms with van der Waals surface area (Å²) < 4.78 is 0. The first kappa shape index (κ1) is 14.4. The zero-order chi connectivity index (χ0) is 12.6. The molecule has 0 aliphatic heterocycles. The SMILES string of the molecule is CNCC1CCCCCC1CCC1CCCCC1. The Kier molecular flexibility index (Phi) is 6.54. The van der Waals surface area contributed by atoms with Gasteiger partial charge in [-0.05, 0) is 44.2 Å². The summed E-state index contributed by atoms with van der Waals surface area (Å²) >= 11 is 0. The maximum Gasteiger partial charge on any atom is -0.00209 e. The van der Waals surface area contributed by atoms with E-state index in [4.69, 9.17) is 0 Å². The molecule has 0 aromatic heterocycles. The average molecular weight is 251 g/mol. The molecular formula is C17H33N. The van der Waals surface area contributed by atoms with Crippen LogP contribution in [-0.2, 0) is 0 Å².